The molecule has 2 rings (SSSR count). The van der Waals surface area contributed by atoms with E-state index in [9.17, 15) is 8.42 Å². The van der Waals surface area contributed by atoms with E-state index in [2.05, 4.69) is 35.8 Å². The first-order valence-corrected chi connectivity index (χ1v) is 7.26. The van der Waals surface area contributed by atoms with Crippen LogP contribution in [0.25, 0.3) is 0 Å². The Hall–Kier alpha value is -1.25. The molecule has 0 spiro atoms. The van der Waals surface area contributed by atoms with Crippen LogP contribution in [0.4, 0.5) is 5.95 Å². The molecule has 6 nitrogen and oxygen atoms in total. The zero-order chi connectivity index (χ0) is 13.2. The first kappa shape index (κ1) is 13.2. The van der Waals surface area contributed by atoms with E-state index >= 15 is 0 Å². The summed E-state index contributed by atoms with van der Waals surface area (Å²) in [7, 11) is -3.83. The average molecular weight is 350 g/mol. The van der Waals surface area contributed by atoms with Crippen LogP contribution in [0.1, 0.15) is 0 Å². The van der Waals surface area contributed by atoms with E-state index in [1.807, 2.05) is 0 Å². The molecule has 0 aliphatic carbocycles. The molecule has 0 radical (unpaired) electrons. The minimum Gasteiger partial charge on any atom is -0.246 e. The molecule has 0 saturated heterocycles. The highest BCUT2D eigenvalue weighted by Crippen LogP contribution is 2.26. The van der Waals surface area contributed by atoms with Crippen molar-refractivity contribution in [1.29, 1.82) is 0 Å². The van der Waals surface area contributed by atoms with Gasteiger partial charge in [-0.2, -0.15) is 5.10 Å². The number of hydrogen-bond donors (Lipinski definition) is 1. The van der Waals surface area contributed by atoms with E-state index in [1.54, 1.807) is 6.07 Å². The van der Waals surface area contributed by atoms with Crippen molar-refractivity contribution in [3.8, 4) is 0 Å². The summed E-state index contributed by atoms with van der Waals surface area (Å²) in [5.74, 6) is -0.114. The van der Waals surface area contributed by atoms with Crippen LogP contribution in [-0.4, -0.2) is 23.6 Å². The number of hydrogen-bond acceptors (Lipinski definition) is 5. The van der Waals surface area contributed by atoms with Crippen molar-refractivity contribution in [1.82, 2.24) is 15.2 Å². The van der Waals surface area contributed by atoms with Gasteiger partial charge in [-0.15, -0.1) is 5.10 Å². The molecule has 94 valence electrons. The average Bonchev–Trinajstić information content (AvgIpc) is 2.29. The first-order valence-electron chi connectivity index (χ1n) is 4.60. The second-order valence-corrected chi connectivity index (χ2v) is 6.12. The monoisotopic (exact) mass is 348 g/mol. The van der Waals surface area contributed by atoms with Gasteiger partial charge in [0.05, 0.1) is 17.4 Å². The van der Waals surface area contributed by atoms with E-state index in [-0.39, 0.29) is 15.9 Å². The zero-order valence-corrected chi connectivity index (χ0v) is 11.9. The predicted octanol–water partition coefficient (Wildman–Crippen LogP) is 2.09. The lowest BCUT2D eigenvalue weighted by molar-refractivity contribution is 0.600. The topological polar surface area (TPSA) is 84.8 Å². The molecule has 18 heavy (non-hydrogen) atoms. The van der Waals surface area contributed by atoms with Crippen LogP contribution in [0, 0.1) is 0 Å². The molecule has 0 bridgehead atoms. The van der Waals surface area contributed by atoms with Gasteiger partial charge in [-0.1, -0.05) is 27.5 Å². The van der Waals surface area contributed by atoms with Gasteiger partial charge >= 0.3 is 0 Å². The summed E-state index contributed by atoms with van der Waals surface area (Å²) in [5, 5.41) is 7.15. The van der Waals surface area contributed by atoms with Crippen LogP contribution in [0.3, 0.4) is 0 Å². The smallest absolute Gasteiger partial charge is 0.246 e. The molecule has 0 aliphatic heterocycles. The molecule has 0 fully saturated rings. The Balaban J connectivity index is 2.37. The van der Waals surface area contributed by atoms with Gasteiger partial charge in [-0.25, -0.2) is 18.1 Å². The summed E-state index contributed by atoms with van der Waals surface area (Å²) in [6.07, 6.45) is 2.67. The molecule has 9 heteroatoms. The maximum atomic E-state index is 12.0. The number of anilines is 1. The summed E-state index contributed by atoms with van der Waals surface area (Å²) in [5.41, 5.74) is 0. The molecule has 1 aromatic heterocycles. The highest BCUT2D eigenvalue weighted by atomic mass is 79.9. The Bertz CT molecular complexity index is 666. The second kappa shape index (κ2) is 5.17. The third kappa shape index (κ3) is 2.95. The Morgan fingerprint density at radius 3 is 2.67 bits per heavy atom. The summed E-state index contributed by atoms with van der Waals surface area (Å²) in [6.45, 7) is 0. The van der Waals surface area contributed by atoms with Crippen molar-refractivity contribution in [2.75, 3.05) is 4.72 Å². The fourth-order valence-corrected chi connectivity index (χ4v) is 3.15. The Morgan fingerprint density at radius 1 is 1.28 bits per heavy atom. The number of sulfonamides is 1. The quantitative estimate of drug-likeness (QED) is 0.917. The zero-order valence-electron chi connectivity index (χ0n) is 8.71. The summed E-state index contributed by atoms with van der Waals surface area (Å²) in [4.78, 5) is 3.66. The molecule has 0 atom stereocenters. The maximum absolute atomic E-state index is 12.0. The predicted molar refractivity (Wildman–Crippen MR) is 69.8 cm³/mol. The Kier molecular flexibility index (Phi) is 3.79. The first-order chi connectivity index (χ1) is 8.49. The van der Waals surface area contributed by atoms with Gasteiger partial charge in [-0.05, 0) is 18.2 Å². The Labute approximate surface area is 117 Å². The number of halogens is 2. The second-order valence-electron chi connectivity index (χ2n) is 3.15. The van der Waals surface area contributed by atoms with Gasteiger partial charge in [0, 0.05) is 4.47 Å². The maximum Gasteiger partial charge on any atom is 0.265 e. The number of aromatic nitrogens is 3. The molecule has 0 unspecified atom stereocenters. The van der Waals surface area contributed by atoms with E-state index in [4.69, 9.17) is 11.6 Å². The standard InChI is InChI=1S/C9H6BrClN4O2S/c10-6-1-2-8(7(11)5-6)18(16,17)15-9-12-3-4-13-14-9/h1-5H,(H,12,14,15). The highest BCUT2D eigenvalue weighted by Gasteiger charge is 2.19. The molecule has 1 heterocycles. The molecule has 2 aromatic rings. The molecular formula is C9H6BrClN4O2S. The lowest BCUT2D eigenvalue weighted by Gasteiger charge is -2.07. The molecule has 0 saturated carbocycles. The molecule has 1 aromatic carbocycles. The van der Waals surface area contributed by atoms with Crippen molar-refractivity contribution in [3.05, 3.63) is 40.1 Å². The van der Waals surface area contributed by atoms with Crippen LogP contribution in [0.5, 0.6) is 0 Å². The van der Waals surface area contributed by atoms with Crippen molar-refractivity contribution in [2.24, 2.45) is 0 Å². The van der Waals surface area contributed by atoms with Gasteiger partial charge in [0.1, 0.15) is 4.90 Å². The third-order valence-electron chi connectivity index (χ3n) is 1.89. The van der Waals surface area contributed by atoms with Crippen LogP contribution in [-0.2, 0) is 10.0 Å². The number of rotatable bonds is 3. The van der Waals surface area contributed by atoms with Crippen LogP contribution in [0.15, 0.2) is 40.0 Å². The fourth-order valence-electron chi connectivity index (χ4n) is 1.16. The van der Waals surface area contributed by atoms with Gasteiger partial charge in [-0.3, -0.25) is 0 Å². The van der Waals surface area contributed by atoms with E-state index in [0.717, 1.165) is 0 Å². The van der Waals surface area contributed by atoms with Crippen molar-refractivity contribution in [3.63, 3.8) is 0 Å². The minimum atomic E-state index is -3.83. The highest BCUT2D eigenvalue weighted by molar-refractivity contribution is 9.10. The largest absolute Gasteiger partial charge is 0.265 e. The van der Waals surface area contributed by atoms with Crippen molar-refractivity contribution in [2.45, 2.75) is 4.90 Å². The van der Waals surface area contributed by atoms with E-state index < -0.39 is 10.0 Å². The van der Waals surface area contributed by atoms with Crippen LogP contribution < -0.4 is 4.72 Å². The number of benzene rings is 1. The van der Waals surface area contributed by atoms with Crippen LogP contribution >= 0.6 is 27.5 Å². The lowest BCUT2D eigenvalue weighted by atomic mass is 10.4. The number of nitrogens with one attached hydrogen (secondary N) is 1. The number of nitrogens with zero attached hydrogens (tertiary/aromatic N) is 3. The van der Waals surface area contributed by atoms with E-state index in [1.165, 1.54) is 24.5 Å². The molecule has 1 N–H and O–H groups in total. The normalized spacial score (nSPS) is 11.2. The lowest BCUT2D eigenvalue weighted by Crippen LogP contribution is -2.15. The van der Waals surface area contributed by atoms with E-state index in [0.29, 0.717) is 4.47 Å². The molecule has 0 amide bonds. The summed E-state index contributed by atoms with van der Waals surface area (Å²) in [6, 6.07) is 4.44. The Morgan fingerprint density at radius 2 is 2.06 bits per heavy atom. The van der Waals surface area contributed by atoms with Gasteiger partial charge < -0.3 is 0 Å². The summed E-state index contributed by atoms with van der Waals surface area (Å²) < 4.78 is 26.9. The van der Waals surface area contributed by atoms with Gasteiger partial charge in [0.15, 0.2) is 0 Å². The molecule has 0 aliphatic rings. The van der Waals surface area contributed by atoms with Crippen LogP contribution in [0.2, 0.25) is 5.02 Å². The summed E-state index contributed by atoms with van der Waals surface area (Å²) >= 11 is 9.07. The SMILES string of the molecule is O=S(=O)(Nc1nccnn1)c1ccc(Br)cc1Cl. The van der Waals surface area contributed by atoms with Crippen molar-refractivity contribution >= 4 is 43.5 Å². The minimum absolute atomic E-state index is 0.0557. The molecular weight excluding hydrogens is 344 g/mol. The fraction of sp³-hybridized carbons (Fsp3) is 0. The van der Waals surface area contributed by atoms with Crippen molar-refractivity contribution < 1.29 is 8.42 Å². The third-order valence-corrected chi connectivity index (χ3v) is 4.20. The van der Waals surface area contributed by atoms with Gasteiger partial charge in [0.2, 0.25) is 0 Å². The van der Waals surface area contributed by atoms with Gasteiger partial charge in [0.25, 0.3) is 16.0 Å².